The highest BCUT2D eigenvalue weighted by atomic mass is 32.2. The summed E-state index contributed by atoms with van der Waals surface area (Å²) >= 11 is 1.68. The molecule has 5 rings (SSSR count). The van der Waals surface area contributed by atoms with Crippen LogP contribution in [0.5, 0.6) is 0 Å². The number of para-hydroxylation sites is 1. The molecular weight excluding hydrogens is 384 g/mol. The molecule has 1 aliphatic carbocycles. The van der Waals surface area contributed by atoms with Crippen LogP contribution in [-0.2, 0) is 6.42 Å². The second-order valence-corrected chi connectivity index (χ2v) is 8.04. The summed E-state index contributed by atoms with van der Waals surface area (Å²) in [5.74, 6) is 3.78. The summed E-state index contributed by atoms with van der Waals surface area (Å²) in [6, 6.07) is 14.0. The fourth-order valence-electron chi connectivity index (χ4n) is 3.09. The molecule has 0 amide bonds. The van der Waals surface area contributed by atoms with Crippen LogP contribution in [0.4, 0.5) is 0 Å². The summed E-state index contributed by atoms with van der Waals surface area (Å²) in [6.07, 6.45) is 7.50. The molecule has 0 atom stereocenters. The average molecular weight is 404 g/mol. The minimum absolute atomic E-state index is 0.544. The maximum Gasteiger partial charge on any atom is 0.226 e. The third kappa shape index (κ3) is 4.22. The molecule has 0 spiro atoms. The minimum atomic E-state index is 0.544. The number of aryl methyl sites for hydroxylation is 1. The maximum atomic E-state index is 5.37. The van der Waals surface area contributed by atoms with Gasteiger partial charge in [0.15, 0.2) is 0 Å². The van der Waals surface area contributed by atoms with Crippen LogP contribution in [0.2, 0.25) is 0 Å². The van der Waals surface area contributed by atoms with E-state index in [-0.39, 0.29) is 0 Å². The van der Waals surface area contributed by atoms with Gasteiger partial charge in [-0.3, -0.25) is 4.98 Å². The van der Waals surface area contributed by atoms with E-state index in [2.05, 4.69) is 27.3 Å². The molecule has 1 aliphatic rings. The quantitative estimate of drug-likeness (QED) is 0.319. The Balaban J connectivity index is 1.19. The first kappa shape index (κ1) is 18.1. The van der Waals surface area contributed by atoms with Gasteiger partial charge < -0.3 is 4.52 Å². The van der Waals surface area contributed by atoms with Gasteiger partial charge >= 0.3 is 0 Å². The minimum Gasteiger partial charge on any atom is -0.339 e. The Bertz CT molecular complexity index is 1080. The molecule has 0 saturated heterocycles. The van der Waals surface area contributed by atoms with Gasteiger partial charge in [0, 0.05) is 36.0 Å². The summed E-state index contributed by atoms with van der Waals surface area (Å²) in [5.41, 5.74) is 1.98. The smallest absolute Gasteiger partial charge is 0.226 e. The Kier molecular flexibility index (Phi) is 5.08. The monoisotopic (exact) mass is 404 g/mol. The first-order valence-electron chi connectivity index (χ1n) is 9.75. The number of nitrogens with zero attached hydrogens (tertiary/aromatic N) is 6. The van der Waals surface area contributed by atoms with Crippen LogP contribution < -0.4 is 0 Å². The molecule has 1 aromatic carbocycles. The predicted octanol–water partition coefficient (Wildman–Crippen LogP) is 4.31. The Morgan fingerprint density at radius 3 is 2.66 bits per heavy atom. The van der Waals surface area contributed by atoms with Gasteiger partial charge in [0.05, 0.1) is 5.69 Å². The second-order valence-electron chi connectivity index (χ2n) is 6.97. The Morgan fingerprint density at radius 1 is 1.03 bits per heavy atom. The molecule has 0 radical (unpaired) electrons. The summed E-state index contributed by atoms with van der Waals surface area (Å²) in [4.78, 5) is 13.3. The van der Waals surface area contributed by atoms with Crippen molar-refractivity contribution < 1.29 is 4.52 Å². The fraction of sp³-hybridized carbons (Fsp3) is 0.286. The van der Waals surface area contributed by atoms with Gasteiger partial charge in [-0.15, -0.1) is 5.10 Å². The fourth-order valence-corrected chi connectivity index (χ4v) is 3.86. The van der Waals surface area contributed by atoms with Crippen molar-refractivity contribution in [3.05, 3.63) is 66.6 Å². The van der Waals surface area contributed by atoms with Gasteiger partial charge in [0.2, 0.25) is 16.9 Å². The predicted molar refractivity (Wildman–Crippen MR) is 110 cm³/mol. The first-order valence-corrected chi connectivity index (χ1v) is 10.7. The lowest BCUT2D eigenvalue weighted by molar-refractivity contribution is 0.378. The molecule has 7 nitrogen and oxygen atoms in total. The Hall–Kier alpha value is -3.00. The van der Waals surface area contributed by atoms with Crippen molar-refractivity contribution in [2.75, 3.05) is 5.75 Å². The number of pyridine rings is 1. The van der Waals surface area contributed by atoms with Crippen LogP contribution in [0, 0.1) is 0 Å². The summed E-state index contributed by atoms with van der Waals surface area (Å²) in [5, 5.41) is 9.62. The van der Waals surface area contributed by atoms with Crippen molar-refractivity contribution in [1.82, 2.24) is 29.9 Å². The second kappa shape index (κ2) is 8.16. The molecule has 0 aliphatic heterocycles. The molecular formula is C21H20N6OS. The third-order valence-corrected chi connectivity index (χ3v) is 5.65. The van der Waals surface area contributed by atoms with Crippen molar-refractivity contribution in [3.8, 4) is 17.1 Å². The largest absolute Gasteiger partial charge is 0.339 e. The summed E-state index contributed by atoms with van der Waals surface area (Å²) in [6.45, 7) is 0. The van der Waals surface area contributed by atoms with Crippen molar-refractivity contribution in [1.29, 1.82) is 0 Å². The van der Waals surface area contributed by atoms with Crippen molar-refractivity contribution in [2.24, 2.45) is 0 Å². The molecule has 0 bridgehead atoms. The average Bonchev–Trinajstić information content (AvgIpc) is 3.36. The molecule has 1 saturated carbocycles. The molecule has 0 unspecified atom stereocenters. The van der Waals surface area contributed by atoms with Crippen molar-refractivity contribution >= 4 is 11.8 Å². The van der Waals surface area contributed by atoms with Gasteiger partial charge in [0.1, 0.15) is 5.82 Å². The van der Waals surface area contributed by atoms with E-state index >= 15 is 0 Å². The van der Waals surface area contributed by atoms with Gasteiger partial charge in [-0.1, -0.05) is 35.1 Å². The van der Waals surface area contributed by atoms with Crippen LogP contribution in [0.25, 0.3) is 17.1 Å². The van der Waals surface area contributed by atoms with Crippen LogP contribution in [0.3, 0.4) is 0 Å². The van der Waals surface area contributed by atoms with E-state index in [1.807, 2.05) is 35.0 Å². The lowest BCUT2D eigenvalue weighted by Crippen LogP contribution is -2.01. The summed E-state index contributed by atoms with van der Waals surface area (Å²) in [7, 11) is 0. The van der Waals surface area contributed by atoms with Gasteiger partial charge in [0.25, 0.3) is 0 Å². The van der Waals surface area contributed by atoms with E-state index in [0.717, 1.165) is 40.8 Å². The standard InChI is InChI=1S/C21H20N6OS/c1-2-5-17(6-3-1)27-20(16-8-9-16)24-21(25-27)29-14-4-7-18-23-19(26-28-18)15-10-12-22-13-11-15/h1-3,5-6,10-13,16H,4,7-9,14H2. The number of thioether (sulfide) groups is 1. The topological polar surface area (TPSA) is 82.5 Å². The zero-order valence-corrected chi connectivity index (χ0v) is 16.6. The van der Waals surface area contributed by atoms with Crippen LogP contribution in [-0.4, -0.2) is 35.6 Å². The lowest BCUT2D eigenvalue weighted by atomic mass is 10.2. The van der Waals surface area contributed by atoms with Gasteiger partial charge in [-0.05, 0) is 43.5 Å². The highest BCUT2D eigenvalue weighted by Gasteiger charge is 2.30. The Labute approximate surface area is 172 Å². The van der Waals surface area contributed by atoms with E-state index in [0.29, 0.717) is 17.6 Å². The maximum absolute atomic E-state index is 5.37. The molecule has 29 heavy (non-hydrogen) atoms. The third-order valence-electron chi connectivity index (χ3n) is 4.73. The Morgan fingerprint density at radius 2 is 1.86 bits per heavy atom. The molecule has 4 aromatic rings. The number of rotatable bonds is 8. The van der Waals surface area contributed by atoms with E-state index in [1.165, 1.54) is 12.8 Å². The lowest BCUT2D eigenvalue weighted by Gasteiger charge is -2.03. The van der Waals surface area contributed by atoms with Gasteiger partial charge in [-0.25, -0.2) is 9.67 Å². The summed E-state index contributed by atoms with van der Waals surface area (Å²) < 4.78 is 7.36. The number of hydrogen-bond donors (Lipinski definition) is 0. The molecule has 3 aromatic heterocycles. The van der Waals surface area contributed by atoms with Crippen LogP contribution >= 0.6 is 11.8 Å². The van der Waals surface area contributed by atoms with Gasteiger partial charge in [-0.2, -0.15) is 4.98 Å². The molecule has 1 fully saturated rings. The van der Waals surface area contributed by atoms with Crippen molar-refractivity contribution in [3.63, 3.8) is 0 Å². The highest BCUT2D eigenvalue weighted by Crippen LogP contribution is 2.40. The number of hydrogen-bond acceptors (Lipinski definition) is 7. The SMILES string of the molecule is c1ccc(-n2nc(SCCCc3nc(-c4ccncc4)no3)nc2C2CC2)cc1. The van der Waals surface area contributed by atoms with Crippen molar-refractivity contribution in [2.45, 2.75) is 36.8 Å². The number of aromatic nitrogens is 6. The molecule has 8 heteroatoms. The van der Waals surface area contributed by atoms with E-state index in [4.69, 9.17) is 14.6 Å². The molecule has 3 heterocycles. The van der Waals surface area contributed by atoms with E-state index in [1.54, 1.807) is 24.2 Å². The number of benzene rings is 1. The van der Waals surface area contributed by atoms with E-state index < -0.39 is 0 Å². The molecule has 146 valence electrons. The zero-order valence-electron chi connectivity index (χ0n) is 15.8. The first-order chi connectivity index (χ1) is 14.4. The van der Waals surface area contributed by atoms with Crippen LogP contribution in [0.15, 0.2) is 64.5 Å². The normalized spacial score (nSPS) is 13.7. The molecule has 0 N–H and O–H groups in total. The van der Waals surface area contributed by atoms with E-state index in [9.17, 15) is 0 Å². The zero-order chi connectivity index (χ0) is 19.5. The highest BCUT2D eigenvalue weighted by molar-refractivity contribution is 7.99. The van der Waals surface area contributed by atoms with Crippen LogP contribution in [0.1, 0.15) is 36.9 Å².